The smallest absolute Gasteiger partial charge is 0.413 e. The first-order chi connectivity index (χ1) is 13.6. The van der Waals surface area contributed by atoms with E-state index in [2.05, 4.69) is 15.5 Å². The van der Waals surface area contributed by atoms with Gasteiger partial charge in [-0.2, -0.15) is 0 Å². The third-order valence-electron chi connectivity index (χ3n) is 4.66. The maximum absolute atomic E-state index is 12.8. The van der Waals surface area contributed by atoms with Crippen LogP contribution in [0.2, 0.25) is 0 Å². The van der Waals surface area contributed by atoms with Crippen molar-refractivity contribution in [1.29, 1.82) is 0 Å². The number of rotatable bonds is 3. The van der Waals surface area contributed by atoms with Crippen molar-refractivity contribution in [3.8, 4) is 0 Å². The third kappa shape index (κ3) is 4.67. The molecule has 156 valence electrons. The Bertz CT molecular complexity index is 921. The fraction of sp³-hybridized carbons (Fsp3) is 0.500. The van der Waals surface area contributed by atoms with Crippen molar-refractivity contribution >= 4 is 34.3 Å². The van der Waals surface area contributed by atoms with E-state index in [9.17, 15) is 9.59 Å². The van der Waals surface area contributed by atoms with Crippen LogP contribution in [0.4, 0.5) is 20.4 Å². The molecule has 9 heteroatoms. The molecule has 1 aromatic carbocycles. The van der Waals surface area contributed by atoms with Crippen molar-refractivity contribution in [2.24, 2.45) is 0 Å². The molecule has 3 amide bonds. The number of anilines is 2. The summed E-state index contributed by atoms with van der Waals surface area (Å²) in [6.45, 7) is 10.5. The van der Waals surface area contributed by atoms with Crippen LogP contribution < -0.4 is 10.2 Å². The molecule has 1 aromatic heterocycles. The summed E-state index contributed by atoms with van der Waals surface area (Å²) in [6.07, 6.45) is -0.873. The summed E-state index contributed by atoms with van der Waals surface area (Å²) in [6, 6.07) is 5.47. The van der Waals surface area contributed by atoms with Crippen LogP contribution in [0.5, 0.6) is 0 Å². The van der Waals surface area contributed by atoms with Gasteiger partial charge in [0, 0.05) is 31.1 Å². The van der Waals surface area contributed by atoms with Crippen LogP contribution in [0, 0.1) is 13.8 Å². The van der Waals surface area contributed by atoms with Gasteiger partial charge in [-0.3, -0.25) is 5.32 Å². The normalized spacial score (nSPS) is 17.4. The lowest BCUT2D eigenvalue weighted by atomic mass is 9.98. The predicted octanol–water partition coefficient (Wildman–Crippen LogP) is 4.29. The SMILES string of the molecule is Cc1ccc(NC(=O)OC2CCN(C)C(=O)N2c2nnc(C(C)(C)C)s2)c(C)c1. The van der Waals surface area contributed by atoms with Gasteiger partial charge in [-0.15, -0.1) is 10.2 Å². The highest BCUT2D eigenvalue weighted by Crippen LogP contribution is 2.33. The van der Waals surface area contributed by atoms with E-state index in [1.165, 1.54) is 16.2 Å². The molecule has 1 N–H and O–H groups in total. The lowest BCUT2D eigenvalue weighted by Gasteiger charge is -2.37. The van der Waals surface area contributed by atoms with E-state index in [0.29, 0.717) is 23.8 Å². The van der Waals surface area contributed by atoms with Crippen LogP contribution in [0.25, 0.3) is 0 Å². The van der Waals surface area contributed by atoms with E-state index in [0.717, 1.165) is 16.1 Å². The minimum atomic E-state index is -0.745. The molecule has 2 aromatic rings. The third-order valence-corrected chi connectivity index (χ3v) is 6.00. The Morgan fingerprint density at radius 3 is 2.62 bits per heavy atom. The molecule has 29 heavy (non-hydrogen) atoms. The minimum absolute atomic E-state index is 0.183. The molecular weight excluding hydrogens is 390 g/mol. The van der Waals surface area contributed by atoms with Crippen LogP contribution in [0.1, 0.15) is 43.3 Å². The fourth-order valence-electron chi connectivity index (χ4n) is 2.99. The van der Waals surface area contributed by atoms with Crippen LogP contribution in [0.3, 0.4) is 0 Å². The molecule has 1 atom stereocenters. The Hall–Kier alpha value is -2.68. The molecule has 0 saturated carbocycles. The number of nitrogens with one attached hydrogen (secondary N) is 1. The van der Waals surface area contributed by atoms with E-state index < -0.39 is 12.3 Å². The van der Waals surface area contributed by atoms with Gasteiger partial charge in [0.05, 0.1) is 0 Å². The van der Waals surface area contributed by atoms with Gasteiger partial charge >= 0.3 is 12.1 Å². The predicted molar refractivity (Wildman–Crippen MR) is 114 cm³/mol. The Morgan fingerprint density at radius 2 is 2.00 bits per heavy atom. The Labute approximate surface area is 174 Å². The van der Waals surface area contributed by atoms with Crippen molar-refractivity contribution < 1.29 is 14.3 Å². The molecular formula is C20H27N5O3S. The zero-order valence-electron chi connectivity index (χ0n) is 17.6. The second-order valence-corrected chi connectivity index (χ2v) is 9.26. The van der Waals surface area contributed by atoms with Gasteiger partial charge in [0.1, 0.15) is 5.01 Å². The van der Waals surface area contributed by atoms with Gasteiger partial charge in [-0.25, -0.2) is 14.5 Å². The maximum atomic E-state index is 12.8. The summed E-state index contributed by atoms with van der Waals surface area (Å²) in [5, 5.41) is 12.4. The van der Waals surface area contributed by atoms with Crippen molar-refractivity contribution in [2.45, 2.75) is 52.7 Å². The zero-order valence-corrected chi connectivity index (χ0v) is 18.5. The van der Waals surface area contributed by atoms with Crippen molar-refractivity contribution in [2.75, 3.05) is 23.8 Å². The lowest BCUT2D eigenvalue weighted by molar-refractivity contribution is 0.0841. The summed E-state index contributed by atoms with van der Waals surface area (Å²) in [4.78, 5) is 28.3. The number of carbonyl (C=O) groups is 2. The topological polar surface area (TPSA) is 87.7 Å². The second-order valence-electron chi connectivity index (χ2n) is 8.31. The van der Waals surface area contributed by atoms with Gasteiger partial charge in [0.25, 0.3) is 0 Å². The van der Waals surface area contributed by atoms with Crippen molar-refractivity contribution in [1.82, 2.24) is 15.1 Å². The average Bonchev–Trinajstić information content (AvgIpc) is 3.11. The van der Waals surface area contributed by atoms with Gasteiger partial charge in [0.15, 0.2) is 6.23 Å². The molecule has 2 heterocycles. The second kappa shape index (κ2) is 7.98. The summed E-state index contributed by atoms with van der Waals surface area (Å²) >= 11 is 1.34. The number of urea groups is 1. The van der Waals surface area contributed by atoms with Gasteiger partial charge in [-0.05, 0) is 25.5 Å². The number of nitrogens with zero attached hydrogens (tertiary/aromatic N) is 4. The molecule has 0 aliphatic carbocycles. The zero-order chi connectivity index (χ0) is 21.3. The summed E-state index contributed by atoms with van der Waals surface area (Å²) < 4.78 is 5.63. The Balaban J connectivity index is 1.79. The first kappa shape index (κ1) is 21.0. The van der Waals surface area contributed by atoms with E-state index in [-0.39, 0.29) is 11.4 Å². The summed E-state index contributed by atoms with van der Waals surface area (Å²) in [5.74, 6) is 0. The molecule has 1 aliphatic rings. The number of carbonyl (C=O) groups excluding carboxylic acids is 2. The largest absolute Gasteiger partial charge is 0.425 e. The first-order valence-electron chi connectivity index (χ1n) is 9.49. The highest BCUT2D eigenvalue weighted by atomic mass is 32.1. The lowest BCUT2D eigenvalue weighted by Crippen LogP contribution is -2.55. The highest BCUT2D eigenvalue weighted by molar-refractivity contribution is 7.15. The molecule has 0 bridgehead atoms. The van der Waals surface area contributed by atoms with Crippen molar-refractivity contribution in [3.05, 3.63) is 34.3 Å². The number of benzene rings is 1. The molecule has 1 fully saturated rings. The minimum Gasteiger partial charge on any atom is -0.425 e. The number of hydrogen-bond donors (Lipinski definition) is 1. The van der Waals surface area contributed by atoms with E-state index in [4.69, 9.17) is 4.74 Å². The monoisotopic (exact) mass is 417 g/mol. The Kier molecular flexibility index (Phi) is 5.79. The van der Waals surface area contributed by atoms with Gasteiger partial charge in [0.2, 0.25) is 5.13 Å². The molecule has 8 nitrogen and oxygen atoms in total. The van der Waals surface area contributed by atoms with E-state index in [1.54, 1.807) is 11.9 Å². The van der Waals surface area contributed by atoms with Crippen molar-refractivity contribution in [3.63, 3.8) is 0 Å². The number of aromatic nitrogens is 2. The first-order valence-corrected chi connectivity index (χ1v) is 10.3. The molecule has 3 rings (SSSR count). The summed E-state index contributed by atoms with van der Waals surface area (Å²) in [7, 11) is 1.72. The van der Waals surface area contributed by atoms with E-state index in [1.807, 2.05) is 52.8 Å². The number of aryl methyl sites for hydroxylation is 2. The molecule has 1 aliphatic heterocycles. The Morgan fingerprint density at radius 1 is 1.28 bits per heavy atom. The van der Waals surface area contributed by atoms with Crippen LogP contribution in [0.15, 0.2) is 18.2 Å². The number of hydrogen-bond acceptors (Lipinski definition) is 6. The molecule has 0 spiro atoms. The quantitative estimate of drug-likeness (QED) is 0.805. The molecule has 1 unspecified atom stereocenters. The van der Waals surface area contributed by atoms with Gasteiger partial charge in [-0.1, -0.05) is 49.8 Å². The van der Waals surface area contributed by atoms with Crippen LogP contribution >= 0.6 is 11.3 Å². The standard InChI is InChI=1S/C20H27N5O3S/c1-12-7-8-14(13(2)11-12)21-18(26)28-15-9-10-24(6)19(27)25(15)17-23-22-16(29-17)20(3,4)5/h7-8,11,15H,9-10H2,1-6H3,(H,21,26). The average molecular weight is 418 g/mol. The fourth-order valence-corrected chi connectivity index (χ4v) is 3.92. The summed E-state index contributed by atoms with van der Waals surface area (Å²) in [5.41, 5.74) is 2.55. The number of ether oxygens (including phenoxy) is 1. The van der Waals surface area contributed by atoms with Gasteiger partial charge < -0.3 is 9.64 Å². The number of amides is 3. The van der Waals surface area contributed by atoms with Crippen LogP contribution in [-0.2, 0) is 10.2 Å². The highest BCUT2D eigenvalue weighted by Gasteiger charge is 2.38. The van der Waals surface area contributed by atoms with Crippen LogP contribution in [-0.4, -0.2) is 47.0 Å². The van der Waals surface area contributed by atoms with E-state index >= 15 is 0 Å². The molecule has 1 saturated heterocycles. The maximum Gasteiger partial charge on any atom is 0.413 e. The molecule has 0 radical (unpaired) electrons.